The normalized spacial score (nSPS) is 10.6. The highest BCUT2D eigenvalue weighted by Gasteiger charge is 2.28. The Balaban J connectivity index is 1.80. The average Bonchev–Trinajstić information content (AvgIpc) is 3.04. The van der Waals surface area contributed by atoms with Crippen molar-refractivity contribution in [2.24, 2.45) is 0 Å². The van der Waals surface area contributed by atoms with Crippen molar-refractivity contribution in [3.05, 3.63) is 75.0 Å². The molecule has 7 nitrogen and oxygen atoms in total. The van der Waals surface area contributed by atoms with E-state index in [2.05, 4.69) is 15.3 Å². The van der Waals surface area contributed by atoms with Crippen LogP contribution >= 0.6 is 23.1 Å². The summed E-state index contributed by atoms with van der Waals surface area (Å²) in [5.41, 5.74) is 0.856. The molecule has 27 heavy (non-hydrogen) atoms. The number of hydrogen-bond donors (Lipinski definition) is 1. The predicted octanol–water partition coefficient (Wildman–Crippen LogP) is 3.81. The molecule has 0 fully saturated rings. The number of nitrogens with zero attached hydrogens (tertiary/aromatic N) is 3. The van der Waals surface area contributed by atoms with Crippen LogP contribution in [0.25, 0.3) is 0 Å². The first kappa shape index (κ1) is 18.9. The van der Waals surface area contributed by atoms with Crippen molar-refractivity contribution in [1.29, 1.82) is 0 Å². The molecule has 1 N–H and O–H groups in total. The summed E-state index contributed by atoms with van der Waals surface area (Å²) in [4.78, 5) is 29.5. The fourth-order valence-electron chi connectivity index (χ4n) is 2.04. The van der Waals surface area contributed by atoms with Crippen LogP contribution in [0.1, 0.15) is 15.4 Å². The lowest BCUT2D eigenvalue weighted by molar-refractivity contribution is -0.391. The molecule has 0 atom stereocenters. The van der Waals surface area contributed by atoms with E-state index in [1.807, 2.05) is 30.3 Å². The van der Waals surface area contributed by atoms with Gasteiger partial charge in [-0.15, -0.1) is 0 Å². The SMILES string of the molecule is O=C(NCc1ccccc1)c1nc([N+](=O)[O-])c(Sc2cc(F)nc(F)c2)s1. The second kappa shape index (κ2) is 8.18. The summed E-state index contributed by atoms with van der Waals surface area (Å²) in [5.74, 6) is -3.23. The maximum atomic E-state index is 13.2. The zero-order valence-electron chi connectivity index (χ0n) is 13.4. The highest BCUT2D eigenvalue weighted by atomic mass is 32.2. The van der Waals surface area contributed by atoms with Gasteiger partial charge in [0.1, 0.15) is 0 Å². The van der Waals surface area contributed by atoms with E-state index in [1.165, 1.54) is 0 Å². The fraction of sp³-hybridized carbons (Fsp3) is 0.0625. The van der Waals surface area contributed by atoms with E-state index in [-0.39, 0.29) is 20.7 Å². The summed E-state index contributed by atoms with van der Waals surface area (Å²) in [7, 11) is 0. The van der Waals surface area contributed by atoms with Crippen molar-refractivity contribution < 1.29 is 18.5 Å². The summed E-state index contributed by atoms with van der Waals surface area (Å²) < 4.78 is 26.5. The summed E-state index contributed by atoms with van der Waals surface area (Å²) in [6.07, 6.45) is 0. The van der Waals surface area contributed by atoms with Crippen LogP contribution in [-0.2, 0) is 6.54 Å². The maximum absolute atomic E-state index is 13.2. The summed E-state index contributed by atoms with van der Waals surface area (Å²) in [6, 6.07) is 11.0. The molecule has 0 aliphatic carbocycles. The van der Waals surface area contributed by atoms with Gasteiger partial charge in [-0.3, -0.25) is 4.79 Å². The van der Waals surface area contributed by atoms with Crippen LogP contribution in [0.3, 0.4) is 0 Å². The minimum absolute atomic E-state index is 0.0369. The number of rotatable bonds is 6. The number of halogens is 2. The third-order valence-electron chi connectivity index (χ3n) is 3.19. The van der Waals surface area contributed by atoms with Gasteiger partial charge in [-0.1, -0.05) is 53.4 Å². The van der Waals surface area contributed by atoms with Crippen molar-refractivity contribution in [3.63, 3.8) is 0 Å². The van der Waals surface area contributed by atoms with Crippen LogP contribution in [0, 0.1) is 22.0 Å². The Hall–Kier alpha value is -2.92. The zero-order valence-corrected chi connectivity index (χ0v) is 15.0. The molecule has 0 radical (unpaired) electrons. The largest absolute Gasteiger partial charge is 0.389 e. The molecule has 2 aromatic heterocycles. The van der Waals surface area contributed by atoms with Crippen molar-refractivity contribution in [1.82, 2.24) is 15.3 Å². The lowest BCUT2D eigenvalue weighted by atomic mass is 10.2. The number of nitro groups is 1. The smallest absolute Gasteiger partial charge is 0.358 e. The Kier molecular flexibility index (Phi) is 5.72. The summed E-state index contributed by atoms with van der Waals surface area (Å²) in [6.45, 7) is 0.232. The van der Waals surface area contributed by atoms with E-state index in [4.69, 9.17) is 0 Å². The van der Waals surface area contributed by atoms with Crippen molar-refractivity contribution in [3.8, 4) is 0 Å². The predicted molar refractivity (Wildman–Crippen MR) is 94.7 cm³/mol. The maximum Gasteiger partial charge on any atom is 0.389 e. The summed E-state index contributed by atoms with van der Waals surface area (Å²) in [5, 5.41) is 13.7. The van der Waals surface area contributed by atoms with Crippen molar-refractivity contribution in [2.75, 3.05) is 0 Å². The molecule has 0 saturated heterocycles. The van der Waals surface area contributed by atoms with Gasteiger partial charge < -0.3 is 15.4 Å². The van der Waals surface area contributed by atoms with Crippen LogP contribution < -0.4 is 5.32 Å². The first-order valence-corrected chi connectivity index (χ1v) is 9.04. The topological polar surface area (TPSA) is 98.0 Å². The van der Waals surface area contributed by atoms with Crippen molar-refractivity contribution in [2.45, 2.75) is 15.6 Å². The molecule has 138 valence electrons. The van der Waals surface area contributed by atoms with E-state index in [0.29, 0.717) is 0 Å². The molecule has 2 heterocycles. The van der Waals surface area contributed by atoms with E-state index >= 15 is 0 Å². The van der Waals surface area contributed by atoms with E-state index in [1.54, 1.807) is 0 Å². The molecular weight excluding hydrogens is 398 g/mol. The highest BCUT2D eigenvalue weighted by Crippen LogP contribution is 2.39. The molecule has 1 amide bonds. The lowest BCUT2D eigenvalue weighted by Crippen LogP contribution is -2.22. The Morgan fingerprint density at radius 1 is 1.19 bits per heavy atom. The van der Waals surface area contributed by atoms with Gasteiger partial charge in [0, 0.05) is 23.6 Å². The van der Waals surface area contributed by atoms with Gasteiger partial charge in [0.15, 0.2) is 4.21 Å². The average molecular weight is 408 g/mol. The molecule has 0 aliphatic heterocycles. The Labute approximate surface area is 159 Å². The van der Waals surface area contributed by atoms with Crippen LogP contribution in [-0.4, -0.2) is 20.8 Å². The minimum atomic E-state index is -1.05. The Morgan fingerprint density at radius 3 is 2.48 bits per heavy atom. The van der Waals surface area contributed by atoms with Crippen LogP contribution in [0.4, 0.5) is 14.6 Å². The molecule has 0 spiro atoms. The molecular formula is C16H10F2N4O3S2. The van der Waals surface area contributed by atoms with E-state index < -0.39 is 28.5 Å². The quantitative estimate of drug-likeness (QED) is 0.378. The zero-order chi connectivity index (χ0) is 19.4. The van der Waals surface area contributed by atoms with Crippen LogP contribution in [0.15, 0.2) is 51.6 Å². The Bertz CT molecular complexity index is 978. The molecule has 11 heteroatoms. The number of nitrogens with one attached hydrogen (secondary N) is 1. The number of hydrogen-bond acceptors (Lipinski definition) is 7. The van der Waals surface area contributed by atoms with Crippen LogP contribution in [0.5, 0.6) is 0 Å². The number of carbonyl (C=O) groups excluding carboxylic acids is 1. The van der Waals surface area contributed by atoms with Gasteiger partial charge in [0.05, 0.1) is 0 Å². The molecule has 0 unspecified atom stereocenters. The number of benzene rings is 1. The first-order chi connectivity index (χ1) is 12.9. The highest BCUT2D eigenvalue weighted by molar-refractivity contribution is 8.01. The number of thiazole rings is 1. The number of aromatic nitrogens is 2. The number of carbonyl (C=O) groups is 1. The van der Waals surface area contributed by atoms with Gasteiger partial charge in [-0.05, 0) is 15.5 Å². The first-order valence-electron chi connectivity index (χ1n) is 7.40. The molecule has 0 saturated carbocycles. The lowest BCUT2D eigenvalue weighted by Gasteiger charge is -2.01. The van der Waals surface area contributed by atoms with Gasteiger partial charge in [-0.2, -0.15) is 13.8 Å². The minimum Gasteiger partial charge on any atom is -0.358 e. The molecule has 0 aliphatic rings. The van der Waals surface area contributed by atoms with Crippen molar-refractivity contribution >= 4 is 34.8 Å². The van der Waals surface area contributed by atoms with Gasteiger partial charge in [-0.25, -0.2) is 0 Å². The number of amides is 1. The summed E-state index contributed by atoms with van der Waals surface area (Å²) >= 11 is 1.51. The van der Waals surface area contributed by atoms with E-state index in [9.17, 15) is 23.7 Å². The van der Waals surface area contributed by atoms with E-state index in [0.717, 1.165) is 40.8 Å². The second-order valence-electron chi connectivity index (χ2n) is 5.11. The second-order valence-corrected chi connectivity index (χ2v) is 7.45. The third-order valence-corrected chi connectivity index (χ3v) is 5.37. The standard InChI is InChI=1S/C16H10F2N4O3S2/c17-11-6-10(7-12(18)20-11)26-16-13(22(24)25)21-15(27-16)14(23)19-8-9-4-2-1-3-5-9/h1-7H,8H2,(H,19,23). The molecule has 1 aromatic carbocycles. The molecule has 3 aromatic rings. The third kappa shape index (κ3) is 4.83. The fourth-order valence-corrected chi connectivity index (χ4v) is 4.15. The molecule has 0 bridgehead atoms. The number of pyridine rings is 1. The van der Waals surface area contributed by atoms with Crippen LogP contribution in [0.2, 0.25) is 0 Å². The van der Waals surface area contributed by atoms with Gasteiger partial charge in [0.25, 0.3) is 5.01 Å². The molecule has 3 rings (SSSR count). The van der Waals surface area contributed by atoms with Gasteiger partial charge >= 0.3 is 11.7 Å². The monoisotopic (exact) mass is 408 g/mol. The van der Waals surface area contributed by atoms with Gasteiger partial charge in [0.2, 0.25) is 11.9 Å². The Morgan fingerprint density at radius 2 is 1.85 bits per heavy atom.